The number of nitrogens with zero attached hydrogens (tertiary/aromatic N) is 1. The molecule has 41 heavy (non-hydrogen) atoms. The van der Waals surface area contributed by atoms with Gasteiger partial charge in [0.15, 0.2) is 17.0 Å². The summed E-state index contributed by atoms with van der Waals surface area (Å²) in [5.41, 5.74) is 1.69. The quantitative estimate of drug-likeness (QED) is 0.268. The number of nitrogens with one attached hydrogen (secondary N) is 2. The highest BCUT2D eigenvalue weighted by atomic mass is 32.2. The molecule has 11 heteroatoms. The largest absolute Gasteiger partial charge is 0.455 e. The molecule has 0 aliphatic heterocycles. The Kier molecular flexibility index (Phi) is 8.29. The molecule has 214 valence electrons. The molecular weight excluding hydrogens is 549 g/mol. The van der Waals surface area contributed by atoms with Crippen LogP contribution < -0.4 is 20.2 Å². The third-order valence-corrected chi connectivity index (χ3v) is 7.92. The van der Waals surface area contributed by atoms with E-state index in [0.29, 0.717) is 34.7 Å². The number of aromatic nitrogens is 1. The van der Waals surface area contributed by atoms with Crippen molar-refractivity contribution in [3.63, 3.8) is 0 Å². The van der Waals surface area contributed by atoms with Gasteiger partial charge in [0.25, 0.3) is 0 Å². The van der Waals surface area contributed by atoms with E-state index in [1.807, 2.05) is 0 Å². The minimum atomic E-state index is -3.66. The molecule has 0 saturated heterocycles. The molecule has 0 bridgehead atoms. The van der Waals surface area contributed by atoms with E-state index in [1.54, 1.807) is 26.8 Å². The fourth-order valence-electron chi connectivity index (χ4n) is 4.60. The van der Waals surface area contributed by atoms with Crippen LogP contribution in [0.3, 0.4) is 0 Å². The van der Waals surface area contributed by atoms with Crippen LogP contribution in [0.4, 0.5) is 10.1 Å². The first-order chi connectivity index (χ1) is 19.4. The van der Waals surface area contributed by atoms with Crippen molar-refractivity contribution in [2.24, 2.45) is 0 Å². The van der Waals surface area contributed by atoms with E-state index < -0.39 is 27.1 Å². The van der Waals surface area contributed by atoms with Gasteiger partial charge in [0.1, 0.15) is 11.6 Å². The van der Waals surface area contributed by atoms with Crippen LogP contribution in [-0.4, -0.2) is 37.0 Å². The van der Waals surface area contributed by atoms with Gasteiger partial charge in [-0.25, -0.2) is 12.8 Å². The van der Waals surface area contributed by atoms with Gasteiger partial charge >= 0.3 is 0 Å². The average Bonchev–Trinajstić information content (AvgIpc) is 3.37. The number of allylic oxidation sites excluding steroid dienone is 1. The first-order valence-electron chi connectivity index (χ1n) is 12.9. The fraction of sp³-hybridized carbons (Fsp3) is 0.233. The number of hydrogen-bond acceptors (Lipinski definition) is 6. The number of ketones is 1. The number of aryl methyl sites for hydroxylation is 2. The lowest BCUT2D eigenvalue weighted by molar-refractivity contribution is -0.117. The molecule has 1 aliphatic carbocycles. The van der Waals surface area contributed by atoms with Crippen LogP contribution in [-0.2, 0) is 21.2 Å². The number of halogens is 1. The van der Waals surface area contributed by atoms with Crippen molar-refractivity contribution in [3.05, 3.63) is 98.7 Å². The van der Waals surface area contributed by atoms with E-state index in [9.17, 15) is 27.2 Å². The molecule has 3 aromatic rings. The zero-order chi connectivity index (χ0) is 30.1. The summed E-state index contributed by atoms with van der Waals surface area (Å²) in [5, 5.41) is 2.72. The monoisotopic (exact) mass is 579 g/mol. The number of carbonyl (C=O) groups is 2. The summed E-state index contributed by atoms with van der Waals surface area (Å²) in [6.07, 6.45) is 3.90. The van der Waals surface area contributed by atoms with Crippen molar-refractivity contribution in [1.82, 2.24) is 9.88 Å². The summed E-state index contributed by atoms with van der Waals surface area (Å²) >= 11 is 0. The Morgan fingerprint density at radius 1 is 1.15 bits per heavy atom. The second-order valence-electron chi connectivity index (χ2n) is 9.54. The summed E-state index contributed by atoms with van der Waals surface area (Å²) in [4.78, 5) is 38.8. The van der Waals surface area contributed by atoms with Gasteiger partial charge in [-0.3, -0.25) is 19.1 Å². The molecule has 2 aromatic carbocycles. The van der Waals surface area contributed by atoms with Gasteiger partial charge in [-0.1, -0.05) is 6.58 Å². The average molecular weight is 580 g/mol. The predicted molar refractivity (Wildman–Crippen MR) is 156 cm³/mol. The highest BCUT2D eigenvalue weighted by molar-refractivity contribution is 7.92. The Bertz CT molecular complexity index is 1770. The van der Waals surface area contributed by atoms with Crippen molar-refractivity contribution in [3.8, 4) is 17.2 Å². The number of carbonyl (C=O) groups excluding carboxylic acids is 2. The van der Waals surface area contributed by atoms with Crippen LogP contribution in [0.2, 0.25) is 0 Å². The van der Waals surface area contributed by atoms with Crippen LogP contribution in [0.5, 0.6) is 11.5 Å². The smallest absolute Gasteiger partial charge is 0.247 e. The minimum absolute atomic E-state index is 0.00716. The zero-order valence-corrected chi connectivity index (χ0v) is 23.9. The van der Waals surface area contributed by atoms with Crippen molar-refractivity contribution in [1.29, 1.82) is 0 Å². The highest BCUT2D eigenvalue weighted by Crippen LogP contribution is 2.37. The Morgan fingerprint density at radius 3 is 2.44 bits per heavy atom. The first kappa shape index (κ1) is 29.5. The van der Waals surface area contributed by atoms with Crippen molar-refractivity contribution < 1.29 is 27.1 Å². The third-order valence-electron chi connectivity index (χ3n) is 6.61. The predicted octanol–water partition coefficient (Wildman–Crippen LogP) is 4.59. The molecule has 0 radical (unpaired) electrons. The first-order valence-corrected chi connectivity index (χ1v) is 14.6. The maximum Gasteiger partial charge on any atom is 0.247 e. The second-order valence-corrected chi connectivity index (χ2v) is 11.5. The molecule has 0 spiro atoms. The standard InChI is InChI=1S/C30H30FN3O6S/c1-6-26(35)23-16-34(24-14-19(30(37)32-7-2)13-22(24)28(23)36)25-15-21(33-41(38,39)8-3)9-10-27(25)40-29-17(4)11-20(31)12-18(29)5/h6,9-12,14-16,33H,1,7-8,13H2,2-5H3,(H,32,37). The molecule has 0 unspecified atom stereocenters. The van der Waals surface area contributed by atoms with Gasteiger partial charge in [-0.05, 0) is 81.3 Å². The van der Waals surface area contributed by atoms with Gasteiger partial charge in [-0.15, -0.1) is 0 Å². The Hall–Kier alpha value is -4.51. The number of likely N-dealkylation sites (N-methyl/N-ethyl adjacent to an activating group) is 1. The summed E-state index contributed by atoms with van der Waals surface area (Å²) in [7, 11) is -3.66. The van der Waals surface area contributed by atoms with Crippen LogP contribution >= 0.6 is 0 Å². The third kappa shape index (κ3) is 5.99. The molecule has 1 amide bonds. The number of fused-ring (bicyclic) bond motifs is 1. The summed E-state index contributed by atoms with van der Waals surface area (Å²) < 4.78 is 49.0. The van der Waals surface area contributed by atoms with Gasteiger partial charge < -0.3 is 14.6 Å². The van der Waals surface area contributed by atoms with Crippen LogP contribution in [0.15, 0.2) is 59.6 Å². The number of pyridine rings is 1. The van der Waals surface area contributed by atoms with Crippen LogP contribution in [0.1, 0.15) is 46.6 Å². The molecule has 1 aromatic heterocycles. The Morgan fingerprint density at radius 2 is 1.83 bits per heavy atom. The molecule has 2 N–H and O–H groups in total. The SMILES string of the molecule is C=CC(=O)c1cn(-c2cc(NS(=O)(=O)CC)ccc2Oc2c(C)cc(F)cc2C)c2c(c1=O)CC(C(=O)NCC)=C2. The van der Waals surface area contributed by atoms with Crippen molar-refractivity contribution in [2.75, 3.05) is 17.0 Å². The number of benzene rings is 2. The maximum atomic E-state index is 14.0. The van der Waals surface area contributed by atoms with Crippen LogP contribution in [0, 0.1) is 19.7 Å². The molecule has 1 heterocycles. The maximum absolute atomic E-state index is 14.0. The lowest BCUT2D eigenvalue weighted by atomic mass is 10.0. The minimum Gasteiger partial charge on any atom is -0.455 e. The zero-order valence-electron chi connectivity index (χ0n) is 23.1. The van der Waals surface area contributed by atoms with E-state index >= 15 is 0 Å². The number of rotatable bonds is 10. The molecule has 4 rings (SSSR count). The number of amides is 1. The second kappa shape index (κ2) is 11.5. The van der Waals surface area contributed by atoms with Crippen LogP contribution in [0.25, 0.3) is 11.8 Å². The van der Waals surface area contributed by atoms with E-state index in [1.165, 1.54) is 48.0 Å². The van der Waals surface area contributed by atoms with Gasteiger partial charge in [0, 0.05) is 30.3 Å². The molecule has 0 saturated carbocycles. The topological polar surface area (TPSA) is 124 Å². The van der Waals surface area contributed by atoms with Crippen molar-refractivity contribution >= 4 is 33.5 Å². The lowest BCUT2D eigenvalue weighted by Gasteiger charge is -2.20. The number of ether oxygens (including phenoxy) is 1. The molecule has 0 fully saturated rings. The summed E-state index contributed by atoms with van der Waals surface area (Å²) in [6, 6.07) is 7.19. The fourth-order valence-corrected chi connectivity index (χ4v) is 5.23. The Labute approximate surface area is 237 Å². The number of hydrogen-bond donors (Lipinski definition) is 2. The van der Waals surface area contributed by atoms with E-state index in [-0.39, 0.29) is 46.3 Å². The molecular formula is C30H30FN3O6S. The highest BCUT2D eigenvalue weighted by Gasteiger charge is 2.28. The molecule has 1 aliphatic rings. The van der Waals surface area contributed by atoms with Gasteiger partial charge in [-0.2, -0.15) is 0 Å². The number of sulfonamides is 1. The van der Waals surface area contributed by atoms with E-state index in [0.717, 1.165) is 6.08 Å². The van der Waals surface area contributed by atoms with Gasteiger partial charge in [0.05, 0.1) is 28.4 Å². The normalized spacial score (nSPS) is 12.4. The van der Waals surface area contributed by atoms with E-state index in [2.05, 4.69) is 16.6 Å². The summed E-state index contributed by atoms with van der Waals surface area (Å²) in [5.74, 6) is -0.958. The lowest BCUT2D eigenvalue weighted by Crippen LogP contribution is -2.25. The van der Waals surface area contributed by atoms with E-state index in [4.69, 9.17) is 4.74 Å². The van der Waals surface area contributed by atoms with Gasteiger partial charge in [0.2, 0.25) is 15.9 Å². The summed E-state index contributed by atoms with van der Waals surface area (Å²) in [6.45, 7) is 10.5. The van der Waals surface area contributed by atoms with Crippen molar-refractivity contribution in [2.45, 2.75) is 34.1 Å². The molecule has 0 atom stereocenters. The molecule has 9 nitrogen and oxygen atoms in total. The number of anilines is 1. The Balaban J connectivity index is 2.02.